The first-order chi connectivity index (χ1) is 7.65. The Morgan fingerprint density at radius 2 is 2.19 bits per heavy atom. The van der Waals surface area contributed by atoms with Crippen LogP contribution < -0.4 is 5.32 Å². The minimum atomic E-state index is -0.165. The smallest absolute Gasteiger partial charge is 0.148 e. The van der Waals surface area contributed by atoms with E-state index in [1.807, 2.05) is 25.4 Å². The van der Waals surface area contributed by atoms with Crippen molar-refractivity contribution in [1.82, 2.24) is 9.78 Å². The molecule has 0 fully saturated rings. The van der Waals surface area contributed by atoms with E-state index in [2.05, 4.69) is 10.4 Å². The Balaban J connectivity index is 2.02. The highest BCUT2D eigenvalue weighted by molar-refractivity contribution is 5.34. The van der Waals surface area contributed by atoms with Gasteiger partial charge < -0.3 is 5.32 Å². The molecule has 1 aromatic heterocycles. The molecule has 1 aromatic carbocycles. The van der Waals surface area contributed by atoms with E-state index in [0.29, 0.717) is 12.1 Å². The molecule has 0 saturated carbocycles. The third-order valence-electron chi connectivity index (χ3n) is 2.41. The van der Waals surface area contributed by atoms with Crippen LogP contribution in [-0.2, 0) is 13.6 Å². The molecular weight excluding hydrogens is 205 g/mol. The highest BCUT2D eigenvalue weighted by Crippen LogP contribution is 2.11. The van der Waals surface area contributed by atoms with E-state index in [1.54, 1.807) is 17.7 Å². The Bertz CT molecular complexity index is 491. The van der Waals surface area contributed by atoms with Gasteiger partial charge in [-0.1, -0.05) is 12.1 Å². The van der Waals surface area contributed by atoms with Crippen molar-refractivity contribution in [3.05, 3.63) is 47.4 Å². The van der Waals surface area contributed by atoms with Crippen molar-refractivity contribution in [2.24, 2.45) is 7.05 Å². The molecule has 0 amide bonds. The fourth-order valence-electron chi connectivity index (χ4n) is 1.52. The minimum Gasteiger partial charge on any atom is -0.365 e. The fraction of sp³-hybridized carbons (Fsp3) is 0.250. The summed E-state index contributed by atoms with van der Waals surface area (Å²) in [5.74, 6) is 0.658. The van der Waals surface area contributed by atoms with Crippen molar-refractivity contribution in [3.63, 3.8) is 0 Å². The third kappa shape index (κ3) is 2.39. The van der Waals surface area contributed by atoms with Gasteiger partial charge in [0.1, 0.15) is 11.6 Å². The van der Waals surface area contributed by atoms with Crippen molar-refractivity contribution < 1.29 is 4.39 Å². The Morgan fingerprint density at radius 1 is 1.38 bits per heavy atom. The Labute approximate surface area is 93.9 Å². The number of nitrogens with zero attached hydrogens (tertiary/aromatic N) is 2. The van der Waals surface area contributed by atoms with Crippen molar-refractivity contribution in [2.45, 2.75) is 13.5 Å². The summed E-state index contributed by atoms with van der Waals surface area (Å²) in [5, 5.41) is 7.37. The van der Waals surface area contributed by atoms with Crippen molar-refractivity contribution in [2.75, 3.05) is 5.32 Å². The number of hydrogen-bond acceptors (Lipinski definition) is 2. The monoisotopic (exact) mass is 219 g/mol. The van der Waals surface area contributed by atoms with Gasteiger partial charge in [0.15, 0.2) is 0 Å². The molecule has 0 aliphatic carbocycles. The first kappa shape index (κ1) is 10.7. The fourth-order valence-corrected chi connectivity index (χ4v) is 1.52. The second-order valence-corrected chi connectivity index (χ2v) is 3.81. The molecule has 0 aliphatic heterocycles. The summed E-state index contributed by atoms with van der Waals surface area (Å²) in [6, 6.07) is 7.00. The zero-order valence-electron chi connectivity index (χ0n) is 9.37. The van der Waals surface area contributed by atoms with Gasteiger partial charge in [-0.15, -0.1) is 0 Å². The van der Waals surface area contributed by atoms with Gasteiger partial charge in [0.2, 0.25) is 0 Å². The predicted octanol–water partition coefficient (Wildman–Crippen LogP) is 2.48. The number of hydrogen-bond donors (Lipinski definition) is 1. The van der Waals surface area contributed by atoms with Gasteiger partial charge >= 0.3 is 0 Å². The van der Waals surface area contributed by atoms with Gasteiger partial charge in [-0.2, -0.15) is 5.10 Å². The van der Waals surface area contributed by atoms with Gasteiger partial charge in [-0.25, -0.2) is 4.39 Å². The second-order valence-electron chi connectivity index (χ2n) is 3.81. The van der Waals surface area contributed by atoms with Crippen LogP contribution in [0, 0.1) is 12.7 Å². The first-order valence-electron chi connectivity index (χ1n) is 5.14. The zero-order valence-corrected chi connectivity index (χ0v) is 9.37. The van der Waals surface area contributed by atoms with Crippen LogP contribution in [-0.4, -0.2) is 9.78 Å². The summed E-state index contributed by atoms with van der Waals surface area (Å²) in [6.45, 7) is 2.41. The van der Waals surface area contributed by atoms with Crippen LogP contribution in [0.2, 0.25) is 0 Å². The molecule has 0 spiro atoms. The SMILES string of the molecule is Cc1cc(CNc2ccn(C)n2)ccc1F. The molecule has 2 aromatic rings. The van der Waals surface area contributed by atoms with Crippen LogP contribution in [0.15, 0.2) is 30.5 Å². The Kier molecular flexibility index (Phi) is 2.90. The van der Waals surface area contributed by atoms with E-state index in [1.165, 1.54) is 6.07 Å². The molecule has 84 valence electrons. The summed E-state index contributed by atoms with van der Waals surface area (Å²) in [7, 11) is 1.87. The highest BCUT2D eigenvalue weighted by Gasteiger charge is 2.00. The van der Waals surface area contributed by atoms with Crippen molar-refractivity contribution in [3.8, 4) is 0 Å². The highest BCUT2D eigenvalue weighted by atomic mass is 19.1. The molecule has 0 unspecified atom stereocenters. The number of anilines is 1. The quantitative estimate of drug-likeness (QED) is 0.859. The molecule has 4 heteroatoms. The van der Waals surface area contributed by atoms with Crippen molar-refractivity contribution in [1.29, 1.82) is 0 Å². The lowest BCUT2D eigenvalue weighted by Crippen LogP contribution is -2.01. The summed E-state index contributed by atoms with van der Waals surface area (Å²) in [6.07, 6.45) is 1.87. The minimum absolute atomic E-state index is 0.165. The molecule has 1 heterocycles. The predicted molar refractivity (Wildman–Crippen MR) is 61.7 cm³/mol. The molecule has 0 atom stereocenters. The Hall–Kier alpha value is -1.84. The number of nitrogens with one attached hydrogen (secondary N) is 1. The third-order valence-corrected chi connectivity index (χ3v) is 2.41. The van der Waals surface area contributed by atoms with Gasteiger partial charge in [0.05, 0.1) is 0 Å². The lowest BCUT2D eigenvalue weighted by Gasteiger charge is -2.04. The number of rotatable bonds is 3. The summed E-state index contributed by atoms with van der Waals surface area (Å²) in [4.78, 5) is 0. The van der Waals surface area contributed by atoms with Crippen LogP contribution in [0.5, 0.6) is 0 Å². The number of benzene rings is 1. The first-order valence-corrected chi connectivity index (χ1v) is 5.14. The van der Waals surface area contributed by atoms with E-state index in [9.17, 15) is 4.39 Å². The molecule has 0 radical (unpaired) electrons. The van der Waals surface area contributed by atoms with Crippen LogP contribution in [0.4, 0.5) is 10.2 Å². The van der Waals surface area contributed by atoms with Crippen LogP contribution in [0.3, 0.4) is 0 Å². The van der Waals surface area contributed by atoms with E-state index < -0.39 is 0 Å². The second kappa shape index (κ2) is 4.35. The van der Waals surface area contributed by atoms with E-state index in [0.717, 1.165) is 11.4 Å². The van der Waals surface area contributed by atoms with Gasteiger partial charge in [-0.3, -0.25) is 4.68 Å². The number of aromatic nitrogens is 2. The summed E-state index contributed by atoms with van der Waals surface area (Å²) in [5.41, 5.74) is 1.71. The van der Waals surface area contributed by atoms with E-state index in [4.69, 9.17) is 0 Å². The topological polar surface area (TPSA) is 29.9 Å². The normalized spacial score (nSPS) is 10.4. The number of aryl methyl sites for hydroxylation is 2. The van der Waals surface area contributed by atoms with Gasteiger partial charge in [0, 0.05) is 25.9 Å². The maximum Gasteiger partial charge on any atom is 0.148 e. The average molecular weight is 219 g/mol. The standard InChI is InChI=1S/C12H14FN3/c1-9-7-10(3-4-11(9)13)8-14-12-5-6-16(2)15-12/h3-7H,8H2,1-2H3,(H,14,15). The maximum atomic E-state index is 13.0. The van der Waals surface area contributed by atoms with Crippen LogP contribution in [0.1, 0.15) is 11.1 Å². The molecule has 3 nitrogen and oxygen atoms in total. The maximum absolute atomic E-state index is 13.0. The molecule has 0 saturated heterocycles. The van der Waals surface area contributed by atoms with Gasteiger partial charge in [-0.05, 0) is 24.1 Å². The van der Waals surface area contributed by atoms with Crippen LogP contribution in [0.25, 0.3) is 0 Å². The molecule has 0 bridgehead atoms. The average Bonchev–Trinajstić information content (AvgIpc) is 2.66. The van der Waals surface area contributed by atoms with E-state index >= 15 is 0 Å². The van der Waals surface area contributed by atoms with Gasteiger partial charge in [0.25, 0.3) is 0 Å². The lowest BCUT2D eigenvalue weighted by molar-refractivity contribution is 0.617. The molecule has 1 N–H and O–H groups in total. The summed E-state index contributed by atoms with van der Waals surface area (Å²) >= 11 is 0. The molecular formula is C12H14FN3. The molecule has 16 heavy (non-hydrogen) atoms. The van der Waals surface area contributed by atoms with Crippen LogP contribution >= 0.6 is 0 Å². The lowest BCUT2D eigenvalue weighted by atomic mass is 10.1. The van der Waals surface area contributed by atoms with Crippen molar-refractivity contribution >= 4 is 5.82 Å². The zero-order chi connectivity index (χ0) is 11.5. The molecule has 2 rings (SSSR count). The molecule has 0 aliphatic rings. The summed E-state index contributed by atoms with van der Waals surface area (Å²) < 4.78 is 14.8. The Morgan fingerprint density at radius 3 is 2.81 bits per heavy atom. The number of halogens is 1. The largest absolute Gasteiger partial charge is 0.365 e. The van der Waals surface area contributed by atoms with E-state index in [-0.39, 0.29) is 5.82 Å².